The number of aryl methyl sites for hydroxylation is 2. The Morgan fingerprint density at radius 1 is 0.946 bits per heavy atom. The number of nitrogens with zero attached hydrogens (tertiary/aromatic N) is 1. The second-order valence-electron chi connectivity index (χ2n) is 9.79. The van der Waals surface area contributed by atoms with E-state index in [2.05, 4.69) is 0 Å². The van der Waals surface area contributed by atoms with Crippen molar-refractivity contribution in [2.24, 2.45) is 0 Å². The van der Waals surface area contributed by atoms with Crippen LogP contribution in [0.1, 0.15) is 59.1 Å². The van der Waals surface area contributed by atoms with Crippen molar-refractivity contribution in [1.82, 2.24) is 4.90 Å². The minimum Gasteiger partial charge on any atom is -0.457 e. The van der Waals surface area contributed by atoms with Crippen LogP contribution < -0.4 is 10.2 Å². The normalized spacial score (nSPS) is 15.0. The third kappa shape index (κ3) is 4.89. The van der Waals surface area contributed by atoms with Gasteiger partial charge in [-0.3, -0.25) is 9.59 Å². The summed E-state index contributed by atoms with van der Waals surface area (Å²) in [6, 6.07) is 20.3. The van der Waals surface area contributed by atoms with E-state index in [1.165, 1.54) is 0 Å². The Balaban J connectivity index is 1.60. The smallest absolute Gasteiger partial charge is 0.290 e. The van der Waals surface area contributed by atoms with Crippen LogP contribution in [0.5, 0.6) is 11.5 Å². The molecule has 4 aromatic rings. The molecule has 6 nitrogen and oxygen atoms in total. The molecule has 1 aliphatic rings. The Bertz CT molecular complexity index is 1510. The molecule has 0 aliphatic carbocycles. The van der Waals surface area contributed by atoms with Crippen molar-refractivity contribution in [3.63, 3.8) is 0 Å². The van der Waals surface area contributed by atoms with Crippen LogP contribution in [0.4, 0.5) is 0 Å². The fourth-order valence-electron chi connectivity index (χ4n) is 4.98. The highest BCUT2D eigenvalue weighted by Gasteiger charge is 2.42. The van der Waals surface area contributed by atoms with E-state index in [-0.39, 0.29) is 23.2 Å². The Labute approximate surface area is 216 Å². The van der Waals surface area contributed by atoms with Crippen LogP contribution in [0.3, 0.4) is 0 Å². The molecule has 37 heavy (non-hydrogen) atoms. The Hall–Kier alpha value is -3.90. The number of amides is 1. The van der Waals surface area contributed by atoms with Gasteiger partial charge in [0.05, 0.1) is 23.1 Å². The summed E-state index contributed by atoms with van der Waals surface area (Å²) in [5.41, 5.74) is 3.27. The van der Waals surface area contributed by atoms with E-state index in [1.54, 1.807) is 4.90 Å². The zero-order valence-corrected chi connectivity index (χ0v) is 21.6. The number of benzene rings is 3. The van der Waals surface area contributed by atoms with Crippen LogP contribution in [0.25, 0.3) is 11.0 Å². The third-order valence-electron chi connectivity index (χ3n) is 6.54. The van der Waals surface area contributed by atoms with Gasteiger partial charge in [0.1, 0.15) is 17.1 Å². The molecule has 5 rings (SSSR count). The Kier molecular flexibility index (Phi) is 6.85. The van der Waals surface area contributed by atoms with Crippen LogP contribution in [0, 0.1) is 13.8 Å². The van der Waals surface area contributed by atoms with E-state index < -0.39 is 6.04 Å². The molecule has 6 heteroatoms. The quantitative estimate of drug-likeness (QED) is 0.258. The standard InChI is InChI=1S/C31H31NO5/c1-19(2)35-15-9-14-32-27(22-10-8-13-24(18-22)36-23-11-6-5-7-12-23)26-28(33)25-17-20(3)16-21(4)29(25)37-30(26)31(32)34/h5-8,10-13,16-19,27H,9,14-15H2,1-4H3. The first kappa shape index (κ1) is 24.8. The van der Waals surface area contributed by atoms with Crippen LogP contribution in [0.15, 0.2) is 75.9 Å². The molecule has 3 aromatic carbocycles. The molecule has 0 radical (unpaired) electrons. The van der Waals surface area contributed by atoms with Gasteiger partial charge in [-0.1, -0.05) is 36.4 Å². The molecule has 2 heterocycles. The van der Waals surface area contributed by atoms with Gasteiger partial charge in [0, 0.05) is 13.2 Å². The maximum absolute atomic E-state index is 13.9. The zero-order chi connectivity index (χ0) is 26.1. The molecule has 1 atom stereocenters. The number of para-hydroxylation sites is 1. The second-order valence-corrected chi connectivity index (χ2v) is 9.79. The average Bonchev–Trinajstić information content (AvgIpc) is 3.15. The van der Waals surface area contributed by atoms with Crippen molar-refractivity contribution in [1.29, 1.82) is 0 Å². The van der Waals surface area contributed by atoms with Crippen molar-refractivity contribution in [2.75, 3.05) is 13.2 Å². The van der Waals surface area contributed by atoms with Crippen LogP contribution in [-0.4, -0.2) is 30.1 Å². The summed E-state index contributed by atoms with van der Waals surface area (Å²) in [5, 5.41) is 0.496. The summed E-state index contributed by atoms with van der Waals surface area (Å²) >= 11 is 0. The fourth-order valence-corrected chi connectivity index (χ4v) is 4.98. The van der Waals surface area contributed by atoms with E-state index in [0.717, 1.165) is 16.7 Å². The SMILES string of the molecule is Cc1cc(C)c2oc3c(c(=O)c2c1)C(c1cccc(Oc2ccccc2)c1)N(CCCOC(C)C)C3=O. The maximum atomic E-state index is 13.9. The average molecular weight is 498 g/mol. The van der Waals surface area contributed by atoms with Crippen molar-refractivity contribution in [3.8, 4) is 11.5 Å². The number of hydrogen-bond acceptors (Lipinski definition) is 5. The minimum absolute atomic E-state index is 0.105. The van der Waals surface area contributed by atoms with Crippen molar-refractivity contribution in [3.05, 3.63) is 105 Å². The topological polar surface area (TPSA) is 69.0 Å². The molecule has 0 fully saturated rings. The summed E-state index contributed by atoms with van der Waals surface area (Å²) in [6.45, 7) is 8.76. The predicted octanol–water partition coefficient (Wildman–Crippen LogP) is 6.56. The molecule has 0 saturated heterocycles. The van der Waals surface area contributed by atoms with Gasteiger partial charge in [0.15, 0.2) is 5.43 Å². The molecular formula is C31H31NO5. The van der Waals surface area contributed by atoms with Crippen LogP contribution >= 0.6 is 0 Å². The van der Waals surface area contributed by atoms with Gasteiger partial charge < -0.3 is 18.8 Å². The molecule has 0 spiro atoms. The minimum atomic E-state index is -0.581. The molecule has 1 unspecified atom stereocenters. The lowest BCUT2D eigenvalue weighted by Gasteiger charge is -2.25. The van der Waals surface area contributed by atoms with E-state index in [4.69, 9.17) is 13.9 Å². The number of fused-ring (bicyclic) bond motifs is 2. The lowest BCUT2D eigenvalue weighted by atomic mass is 9.97. The van der Waals surface area contributed by atoms with Gasteiger partial charge >= 0.3 is 0 Å². The zero-order valence-electron chi connectivity index (χ0n) is 21.6. The summed E-state index contributed by atoms with van der Waals surface area (Å²) in [6.07, 6.45) is 0.745. The second kappa shape index (κ2) is 10.2. The predicted molar refractivity (Wildman–Crippen MR) is 144 cm³/mol. The molecule has 0 bridgehead atoms. The maximum Gasteiger partial charge on any atom is 0.290 e. The lowest BCUT2D eigenvalue weighted by Crippen LogP contribution is -2.31. The van der Waals surface area contributed by atoms with Crippen molar-refractivity contribution >= 4 is 16.9 Å². The molecular weight excluding hydrogens is 466 g/mol. The van der Waals surface area contributed by atoms with Crippen molar-refractivity contribution in [2.45, 2.75) is 46.3 Å². The first-order valence-electron chi connectivity index (χ1n) is 12.7. The number of carbonyl (C=O) groups excluding carboxylic acids is 1. The third-order valence-corrected chi connectivity index (χ3v) is 6.54. The Morgan fingerprint density at radius 3 is 2.46 bits per heavy atom. The number of rotatable bonds is 8. The van der Waals surface area contributed by atoms with E-state index in [9.17, 15) is 9.59 Å². The summed E-state index contributed by atoms with van der Waals surface area (Å²) in [7, 11) is 0. The van der Waals surface area contributed by atoms with Gasteiger partial charge in [-0.05, 0) is 81.1 Å². The lowest BCUT2D eigenvalue weighted by molar-refractivity contribution is 0.0593. The van der Waals surface area contributed by atoms with Crippen LogP contribution in [0.2, 0.25) is 0 Å². The number of ether oxygens (including phenoxy) is 2. The number of carbonyl (C=O) groups is 1. The van der Waals surface area contributed by atoms with Gasteiger partial charge in [-0.15, -0.1) is 0 Å². The highest BCUT2D eigenvalue weighted by Crippen LogP contribution is 2.40. The summed E-state index contributed by atoms with van der Waals surface area (Å²) < 4.78 is 18.0. The van der Waals surface area contributed by atoms with E-state index in [0.29, 0.717) is 47.6 Å². The van der Waals surface area contributed by atoms with Gasteiger partial charge in [0.25, 0.3) is 5.91 Å². The largest absolute Gasteiger partial charge is 0.457 e. The highest BCUT2D eigenvalue weighted by atomic mass is 16.5. The molecule has 1 aliphatic heterocycles. The summed E-state index contributed by atoms with van der Waals surface area (Å²) in [5.74, 6) is 1.18. The first-order valence-corrected chi connectivity index (χ1v) is 12.7. The van der Waals surface area contributed by atoms with E-state index >= 15 is 0 Å². The highest BCUT2D eigenvalue weighted by molar-refractivity contribution is 5.99. The summed E-state index contributed by atoms with van der Waals surface area (Å²) in [4.78, 5) is 29.3. The monoisotopic (exact) mass is 497 g/mol. The Morgan fingerprint density at radius 2 is 1.70 bits per heavy atom. The molecule has 1 aromatic heterocycles. The van der Waals surface area contributed by atoms with E-state index in [1.807, 2.05) is 94.4 Å². The fraction of sp³-hybridized carbons (Fsp3) is 0.290. The van der Waals surface area contributed by atoms with Gasteiger partial charge in [-0.2, -0.15) is 0 Å². The van der Waals surface area contributed by atoms with Crippen LogP contribution in [-0.2, 0) is 4.74 Å². The van der Waals surface area contributed by atoms with Gasteiger partial charge in [0.2, 0.25) is 5.76 Å². The molecule has 0 N–H and O–H groups in total. The number of hydrogen-bond donors (Lipinski definition) is 0. The molecule has 0 saturated carbocycles. The van der Waals surface area contributed by atoms with Crippen molar-refractivity contribution < 1.29 is 18.7 Å². The first-order chi connectivity index (χ1) is 17.8. The molecule has 190 valence electrons. The molecule has 1 amide bonds. The van der Waals surface area contributed by atoms with Gasteiger partial charge in [-0.25, -0.2) is 0 Å².